The maximum atomic E-state index is 13.4. The number of hydrogen-bond donors (Lipinski definition) is 0. The SMILES string of the molecule is CCc1nn(C)c(C(=O)N2CCC[C@H]2c2ncc3c(n2)CCN(C(C)=O)C3)c1C. The first-order chi connectivity index (χ1) is 13.9. The fourth-order valence-electron chi connectivity index (χ4n) is 4.50. The molecule has 4 heterocycles. The Labute approximate surface area is 170 Å². The summed E-state index contributed by atoms with van der Waals surface area (Å²) in [6.07, 6.45) is 5.17. The van der Waals surface area contributed by atoms with Crippen molar-refractivity contribution in [3.8, 4) is 0 Å². The van der Waals surface area contributed by atoms with Gasteiger partial charge in [-0.25, -0.2) is 9.97 Å². The van der Waals surface area contributed by atoms with Crippen molar-refractivity contribution in [3.63, 3.8) is 0 Å². The fourth-order valence-corrected chi connectivity index (χ4v) is 4.50. The zero-order valence-corrected chi connectivity index (χ0v) is 17.6. The van der Waals surface area contributed by atoms with Crippen LogP contribution >= 0.6 is 0 Å². The van der Waals surface area contributed by atoms with Crippen molar-refractivity contribution < 1.29 is 9.59 Å². The minimum atomic E-state index is -0.113. The second kappa shape index (κ2) is 7.57. The zero-order chi connectivity index (χ0) is 20.7. The second-order valence-corrected chi connectivity index (χ2v) is 7.94. The van der Waals surface area contributed by atoms with Crippen LogP contribution in [0, 0.1) is 6.92 Å². The Morgan fingerprint density at radius 1 is 1.28 bits per heavy atom. The van der Waals surface area contributed by atoms with E-state index in [1.165, 1.54) is 0 Å². The molecule has 0 radical (unpaired) electrons. The van der Waals surface area contributed by atoms with Gasteiger partial charge in [0.05, 0.1) is 17.4 Å². The molecule has 2 aliphatic heterocycles. The van der Waals surface area contributed by atoms with Crippen LogP contribution in [0.5, 0.6) is 0 Å². The average molecular weight is 396 g/mol. The van der Waals surface area contributed by atoms with Crippen molar-refractivity contribution >= 4 is 11.8 Å². The molecule has 2 aromatic heterocycles. The van der Waals surface area contributed by atoms with Crippen LogP contribution in [0.25, 0.3) is 0 Å². The van der Waals surface area contributed by atoms with Gasteiger partial charge in [0, 0.05) is 57.4 Å². The number of amides is 2. The molecule has 8 nitrogen and oxygen atoms in total. The largest absolute Gasteiger partial charge is 0.338 e. The Balaban J connectivity index is 1.60. The van der Waals surface area contributed by atoms with Crippen molar-refractivity contribution in [2.75, 3.05) is 13.1 Å². The number of carbonyl (C=O) groups is 2. The first-order valence-electron chi connectivity index (χ1n) is 10.3. The summed E-state index contributed by atoms with van der Waals surface area (Å²) in [5.74, 6) is 0.787. The highest BCUT2D eigenvalue weighted by Crippen LogP contribution is 2.33. The molecule has 0 saturated carbocycles. The van der Waals surface area contributed by atoms with E-state index in [4.69, 9.17) is 4.98 Å². The number of fused-ring (bicyclic) bond motifs is 1. The summed E-state index contributed by atoms with van der Waals surface area (Å²) in [6, 6.07) is -0.113. The molecule has 0 N–H and O–H groups in total. The van der Waals surface area contributed by atoms with Gasteiger partial charge in [0.25, 0.3) is 5.91 Å². The van der Waals surface area contributed by atoms with Crippen molar-refractivity contribution in [2.45, 2.75) is 59.0 Å². The van der Waals surface area contributed by atoms with Gasteiger partial charge in [-0.2, -0.15) is 5.10 Å². The third kappa shape index (κ3) is 3.41. The second-order valence-electron chi connectivity index (χ2n) is 7.94. The standard InChI is InChI=1S/C21H28N6O2/c1-5-16-13(2)19(25(4)24-16)21(29)27-9-6-7-18(27)20-22-11-15-12-26(14(3)28)10-8-17(15)23-20/h11,18H,5-10,12H2,1-4H3/t18-/m0/s1. The van der Waals surface area contributed by atoms with Gasteiger partial charge in [-0.1, -0.05) is 6.92 Å². The molecule has 0 aromatic carbocycles. The Hall–Kier alpha value is -2.77. The van der Waals surface area contributed by atoms with Crippen molar-refractivity contribution in [1.82, 2.24) is 29.5 Å². The molecule has 1 saturated heterocycles. The molecular formula is C21H28N6O2. The van der Waals surface area contributed by atoms with Gasteiger partial charge in [0.1, 0.15) is 5.69 Å². The van der Waals surface area contributed by atoms with E-state index >= 15 is 0 Å². The van der Waals surface area contributed by atoms with Crippen LogP contribution in [0.2, 0.25) is 0 Å². The summed E-state index contributed by atoms with van der Waals surface area (Å²) in [5, 5.41) is 4.50. The first kappa shape index (κ1) is 19.5. The molecule has 0 spiro atoms. The molecule has 0 unspecified atom stereocenters. The van der Waals surface area contributed by atoms with E-state index in [1.807, 2.05) is 30.0 Å². The maximum Gasteiger partial charge on any atom is 0.273 e. The lowest BCUT2D eigenvalue weighted by Gasteiger charge is -2.28. The molecule has 2 amide bonds. The molecule has 0 bridgehead atoms. The third-order valence-electron chi connectivity index (χ3n) is 6.13. The summed E-state index contributed by atoms with van der Waals surface area (Å²) in [6.45, 7) is 7.56. The Bertz CT molecular complexity index is 966. The zero-order valence-electron chi connectivity index (χ0n) is 17.6. The van der Waals surface area contributed by atoms with E-state index in [0.717, 1.165) is 48.2 Å². The Morgan fingerprint density at radius 2 is 2.07 bits per heavy atom. The van der Waals surface area contributed by atoms with E-state index in [2.05, 4.69) is 17.0 Å². The summed E-state index contributed by atoms with van der Waals surface area (Å²) < 4.78 is 1.70. The molecule has 2 aromatic rings. The molecule has 154 valence electrons. The molecule has 1 atom stereocenters. The maximum absolute atomic E-state index is 13.4. The fraction of sp³-hybridized carbons (Fsp3) is 0.571. The molecule has 8 heteroatoms. The highest BCUT2D eigenvalue weighted by Gasteiger charge is 2.35. The Kier molecular flexibility index (Phi) is 5.10. The van der Waals surface area contributed by atoms with Crippen LogP contribution in [0.15, 0.2) is 6.20 Å². The molecule has 2 aliphatic rings. The first-order valence-corrected chi connectivity index (χ1v) is 10.3. The molecule has 4 rings (SSSR count). The Morgan fingerprint density at radius 3 is 2.76 bits per heavy atom. The smallest absolute Gasteiger partial charge is 0.273 e. The molecular weight excluding hydrogens is 368 g/mol. The van der Waals surface area contributed by atoms with E-state index < -0.39 is 0 Å². The summed E-state index contributed by atoms with van der Waals surface area (Å²) in [5.41, 5.74) is 4.58. The topological polar surface area (TPSA) is 84.2 Å². The molecule has 1 fully saturated rings. The third-order valence-corrected chi connectivity index (χ3v) is 6.13. The molecule has 0 aliphatic carbocycles. The monoisotopic (exact) mass is 396 g/mol. The number of carbonyl (C=O) groups excluding carboxylic acids is 2. The minimum absolute atomic E-state index is 0.00350. The number of aryl methyl sites for hydroxylation is 2. The van der Waals surface area contributed by atoms with Crippen molar-refractivity contribution in [3.05, 3.63) is 40.2 Å². The highest BCUT2D eigenvalue weighted by molar-refractivity contribution is 5.94. The quantitative estimate of drug-likeness (QED) is 0.792. The van der Waals surface area contributed by atoms with E-state index in [9.17, 15) is 9.59 Å². The van der Waals surface area contributed by atoms with Gasteiger partial charge in [-0.15, -0.1) is 0 Å². The van der Waals surface area contributed by atoms with Crippen molar-refractivity contribution in [1.29, 1.82) is 0 Å². The van der Waals surface area contributed by atoms with Gasteiger partial charge in [-0.05, 0) is 26.2 Å². The van der Waals surface area contributed by atoms with Gasteiger partial charge in [0.2, 0.25) is 5.91 Å². The number of likely N-dealkylation sites (tertiary alicyclic amines) is 1. The average Bonchev–Trinajstić information content (AvgIpc) is 3.31. The lowest BCUT2D eigenvalue weighted by molar-refractivity contribution is -0.129. The van der Waals surface area contributed by atoms with E-state index in [-0.39, 0.29) is 17.9 Å². The summed E-state index contributed by atoms with van der Waals surface area (Å²) in [7, 11) is 1.83. The number of aromatic nitrogens is 4. The number of nitrogens with zero attached hydrogens (tertiary/aromatic N) is 6. The van der Waals surface area contributed by atoms with Crippen LogP contribution in [0.4, 0.5) is 0 Å². The number of hydrogen-bond acceptors (Lipinski definition) is 5. The van der Waals surface area contributed by atoms with E-state index in [1.54, 1.807) is 11.6 Å². The van der Waals surface area contributed by atoms with Crippen LogP contribution < -0.4 is 0 Å². The predicted molar refractivity (Wildman–Crippen MR) is 107 cm³/mol. The normalized spacial score (nSPS) is 18.8. The lowest BCUT2D eigenvalue weighted by atomic mass is 10.1. The number of rotatable bonds is 3. The molecule has 29 heavy (non-hydrogen) atoms. The van der Waals surface area contributed by atoms with Gasteiger partial charge >= 0.3 is 0 Å². The predicted octanol–water partition coefficient (Wildman–Crippen LogP) is 1.96. The summed E-state index contributed by atoms with van der Waals surface area (Å²) >= 11 is 0. The van der Waals surface area contributed by atoms with Gasteiger partial charge in [-0.3, -0.25) is 14.3 Å². The van der Waals surface area contributed by atoms with Gasteiger partial charge in [0.15, 0.2) is 5.82 Å². The van der Waals surface area contributed by atoms with Crippen LogP contribution in [0.1, 0.15) is 71.6 Å². The highest BCUT2D eigenvalue weighted by atomic mass is 16.2. The van der Waals surface area contributed by atoms with Crippen molar-refractivity contribution in [2.24, 2.45) is 7.05 Å². The van der Waals surface area contributed by atoms with Crippen LogP contribution in [-0.2, 0) is 31.2 Å². The van der Waals surface area contributed by atoms with Crippen LogP contribution in [0.3, 0.4) is 0 Å². The van der Waals surface area contributed by atoms with E-state index in [0.29, 0.717) is 31.2 Å². The summed E-state index contributed by atoms with van der Waals surface area (Å²) in [4.78, 5) is 38.1. The lowest BCUT2D eigenvalue weighted by Crippen LogP contribution is -2.36. The van der Waals surface area contributed by atoms with Gasteiger partial charge < -0.3 is 9.80 Å². The van der Waals surface area contributed by atoms with Crippen LogP contribution in [-0.4, -0.2) is 54.5 Å². The minimum Gasteiger partial charge on any atom is -0.338 e.